The van der Waals surface area contributed by atoms with Crippen LogP contribution in [0.25, 0.3) is 0 Å². The summed E-state index contributed by atoms with van der Waals surface area (Å²) in [5.41, 5.74) is 5.71. The van der Waals surface area contributed by atoms with E-state index in [4.69, 9.17) is 5.73 Å². The lowest BCUT2D eigenvalue weighted by Crippen LogP contribution is -2.04. The van der Waals surface area contributed by atoms with Crippen molar-refractivity contribution in [3.63, 3.8) is 0 Å². The first kappa shape index (κ1) is 10.2. The summed E-state index contributed by atoms with van der Waals surface area (Å²) in [5, 5.41) is 4.12. The molecule has 0 fully saturated rings. The van der Waals surface area contributed by atoms with Crippen LogP contribution in [0.5, 0.6) is 0 Å². The first-order valence-electron chi connectivity index (χ1n) is 3.88. The second-order valence-corrected chi connectivity index (χ2v) is 6.06. The predicted molar refractivity (Wildman–Crippen MR) is 65.5 cm³/mol. The fraction of sp³-hybridized carbons (Fsp3) is 0.125. The van der Waals surface area contributed by atoms with Crippen LogP contribution in [0.3, 0.4) is 0 Å². The van der Waals surface area contributed by atoms with E-state index in [9.17, 15) is 0 Å². The molecule has 0 aliphatic heterocycles. The van der Waals surface area contributed by atoms with Gasteiger partial charge in [0.15, 0.2) is 0 Å². The van der Waals surface area contributed by atoms with E-state index in [1.807, 2.05) is 0 Å². The highest BCUT2D eigenvalue weighted by Crippen LogP contribution is 2.32. The van der Waals surface area contributed by atoms with Crippen LogP contribution in [-0.4, -0.2) is 9.78 Å². The maximum absolute atomic E-state index is 5.71. The minimum absolute atomic E-state index is 0.686. The Morgan fingerprint density at radius 2 is 2.29 bits per heavy atom. The zero-order valence-corrected chi connectivity index (χ0v) is 11.1. The van der Waals surface area contributed by atoms with E-state index in [0.29, 0.717) is 12.4 Å². The molecule has 0 aromatic carbocycles. The van der Waals surface area contributed by atoms with Gasteiger partial charge in [-0.3, -0.25) is 0 Å². The Morgan fingerprint density at radius 1 is 1.50 bits per heavy atom. The molecular weight excluding hydrogens is 330 g/mol. The SMILES string of the molecule is Nc1ccnn1Cc1cc(Br)c(Br)s1. The molecule has 2 N–H and O–H groups in total. The molecule has 0 aliphatic carbocycles. The molecule has 0 radical (unpaired) electrons. The molecule has 74 valence electrons. The molecule has 2 heterocycles. The van der Waals surface area contributed by atoms with Crippen molar-refractivity contribution in [2.24, 2.45) is 0 Å². The molecule has 0 bridgehead atoms. The number of nitrogens with zero attached hydrogens (tertiary/aromatic N) is 2. The number of hydrogen-bond donors (Lipinski definition) is 1. The summed E-state index contributed by atoms with van der Waals surface area (Å²) in [6, 6.07) is 3.85. The molecule has 0 amide bonds. The van der Waals surface area contributed by atoms with Gasteiger partial charge in [-0.15, -0.1) is 11.3 Å². The molecule has 0 unspecified atom stereocenters. The van der Waals surface area contributed by atoms with Crippen LogP contribution >= 0.6 is 43.2 Å². The van der Waals surface area contributed by atoms with Gasteiger partial charge in [0.25, 0.3) is 0 Å². The third kappa shape index (κ3) is 2.02. The van der Waals surface area contributed by atoms with Gasteiger partial charge in [-0.25, -0.2) is 4.68 Å². The molecular formula is C8H7Br2N3S. The summed E-state index contributed by atoms with van der Waals surface area (Å²) in [6.45, 7) is 0.716. The molecule has 0 saturated carbocycles. The van der Waals surface area contributed by atoms with Crippen LogP contribution in [0.4, 0.5) is 5.82 Å². The minimum atomic E-state index is 0.686. The van der Waals surface area contributed by atoms with Crippen molar-refractivity contribution in [2.45, 2.75) is 6.54 Å². The highest BCUT2D eigenvalue weighted by molar-refractivity contribution is 9.13. The monoisotopic (exact) mass is 335 g/mol. The Kier molecular flexibility index (Phi) is 2.94. The molecule has 0 atom stereocenters. The number of anilines is 1. The smallest absolute Gasteiger partial charge is 0.122 e. The van der Waals surface area contributed by atoms with E-state index >= 15 is 0 Å². The quantitative estimate of drug-likeness (QED) is 0.915. The Hall–Kier alpha value is -0.330. The van der Waals surface area contributed by atoms with Crippen LogP contribution in [-0.2, 0) is 6.54 Å². The van der Waals surface area contributed by atoms with Crippen LogP contribution in [0.2, 0.25) is 0 Å². The van der Waals surface area contributed by atoms with Crippen molar-refractivity contribution in [1.82, 2.24) is 9.78 Å². The minimum Gasteiger partial charge on any atom is -0.384 e. The number of nitrogen functional groups attached to an aromatic ring is 1. The average Bonchev–Trinajstić information content (AvgIpc) is 2.63. The second kappa shape index (κ2) is 4.04. The van der Waals surface area contributed by atoms with Crippen molar-refractivity contribution in [2.75, 3.05) is 5.73 Å². The fourth-order valence-electron chi connectivity index (χ4n) is 1.09. The molecule has 3 nitrogen and oxygen atoms in total. The number of hydrogen-bond acceptors (Lipinski definition) is 3. The molecule has 6 heteroatoms. The molecule has 0 aliphatic rings. The van der Waals surface area contributed by atoms with Crippen molar-refractivity contribution in [1.29, 1.82) is 0 Å². The van der Waals surface area contributed by atoms with Gasteiger partial charge in [0.05, 0.1) is 16.5 Å². The summed E-state index contributed by atoms with van der Waals surface area (Å²) < 4.78 is 3.94. The lowest BCUT2D eigenvalue weighted by molar-refractivity contribution is 0.705. The van der Waals surface area contributed by atoms with Crippen LogP contribution in [0.1, 0.15) is 4.88 Å². The Balaban J connectivity index is 2.23. The highest BCUT2D eigenvalue weighted by atomic mass is 79.9. The van der Waals surface area contributed by atoms with E-state index < -0.39 is 0 Å². The van der Waals surface area contributed by atoms with E-state index in [1.54, 1.807) is 28.3 Å². The average molecular weight is 337 g/mol. The molecule has 2 rings (SSSR count). The molecule has 0 spiro atoms. The molecule has 14 heavy (non-hydrogen) atoms. The number of halogens is 2. The normalized spacial score (nSPS) is 10.7. The maximum Gasteiger partial charge on any atom is 0.122 e. The summed E-state index contributed by atoms with van der Waals surface area (Å²) >= 11 is 8.57. The van der Waals surface area contributed by atoms with Gasteiger partial charge in [-0.1, -0.05) is 0 Å². The predicted octanol–water partition coefficient (Wildman–Crippen LogP) is 3.10. The van der Waals surface area contributed by atoms with E-state index in [-0.39, 0.29) is 0 Å². The largest absolute Gasteiger partial charge is 0.384 e. The Morgan fingerprint density at radius 3 is 2.79 bits per heavy atom. The van der Waals surface area contributed by atoms with Crippen molar-refractivity contribution in [3.05, 3.63) is 31.5 Å². The van der Waals surface area contributed by atoms with Gasteiger partial charge in [-0.2, -0.15) is 5.10 Å². The lowest BCUT2D eigenvalue weighted by atomic mass is 10.4. The zero-order valence-electron chi connectivity index (χ0n) is 7.08. The topological polar surface area (TPSA) is 43.8 Å². The first-order valence-corrected chi connectivity index (χ1v) is 6.28. The molecule has 2 aromatic rings. The van der Waals surface area contributed by atoms with Gasteiger partial charge in [0, 0.05) is 9.35 Å². The van der Waals surface area contributed by atoms with Gasteiger partial charge >= 0.3 is 0 Å². The number of rotatable bonds is 2. The molecule has 2 aromatic heterocycles. The molecule has 0 saturated heterocycles. The third-order valence-electron chi connectivity index (χ3n) is 1.75. The second-order valence-electron chi connectivity index (χ2n) is 2.75. The summed E-state index contributed by atoms with van der Waals surface area (Å²) in [5.74, 6) is 0.686. The summed E-state index contributed by atoms with van der Waals surface area (Å²) in [7, 11) is 0. The number of thiophene rings is 1. The number of nitrogens with two attached hydrogens (primary N) is 1. The van der Waals surface area contributed by atoms with Crippen molar-refractivity contribution < 1.29 is 0 Å². The Bertz CT molecular complexity index is 430. The first-order chi connectivity index (χ1) is 6.66. The summed E-state index contributed by atoms with van der Waals surface area (Å²) in [6.07, 6.45) is 1.70. The van der Waals surface area contributed by atoms with Crippen molar-refractivity contribution in [3.8, 4) is 0 Å². The zero-order chi connectivity index (χ0) is 10.1. The van der Waals surface area contributed by atoms with Gasteiger partial charge in [0.2, 0.25) is 0 Å². The van der Waals surface area contributed by atoms with Gasteiger partial charge in [-0.05, 0) is 44.0 Å². The Labute approximate surface area is 102 Å². The van der Waals surface area contributed by atoms with E-state index in [1.165, 1.54) is 4.88 Å². The van der Waals surface area contributed by atoms with E-state index in [0.717, 1.165) is 8.26 Å². The standard InChI is InChI=1S/C8H7Br2N3S/c9-6-3-5(14-8(6)10)4-13-7(11)1-2-12-13/h1-3H,4,11H2. The van der Waals surface area contributed by atoms with Crippen molar-refractivity contribution >= 4 is 49.0 Å². The van der Waals surface area contributed by atoms with E-state index in [2.05, 4.69) is 43.0 Å². The lowest BCUT2D eigenvalue weighted by Gasteiger charge is -2.00. The maximum atomic E-state index is 5.71. The summed E-state index contributed by atoms with van der Waals surface area (Å²) in [4.78, 5) is 1.21. The fourth-order valence-corrected chi connectivity index (χ4v) is 3.25. The van der Waals surface area contributed by atoms with Gasteiger partial charge in [0.1, 0.15) is 5.82 Å². The van der Waals surface area contributed by atoms with Gasteiger partial charge < -0.3 is 5.73 Å². The van der Waals surface area contributed by atoms with Crippen LogP contribution in [0.15, 0.2) is 26.6 Å². The van der Waals surface area contributed by atoms with Crippen LogP contribution in [0, 0.1) is 0 Å². The highest BCUT2D eigenvalue weighted by Gasteiger charge is 2.06. The third-order valence-corrected chi connectivity index (χ3v) is 4.99. The van der Waals surface area contributed by atoms with Crippen LogP contribution < -0.4 is 5.73 Å². The number of aromatic nitrogens is 2.